The lowest BCUT2D eigenvalue weighted by atomic mass is 10.3. The Morgan fingerprint density at radius 2 is 2.29 bits per heavy atom. The van der Waals surface area contributed by atoms with Gasteiger partial charge in [-0.15, -0.1) is 10.2 Å². The van der Waals surface area contributed by atoms with E-state index in [1.807, 2.05) is 13.0 Å². The van der Waals surface area contributed by atoms with Crippen molar-refractivity contribution >= 4 is 11.3 Å². The largest absolute Gasteiger partial charge is 0.322 e. The van der Waals surface area contributed by atoms with E-state index in [1.54, 1.807) is 12.1 Å². The number of hydrogen-bond acceptors (Lipinski definition) is 6. The summed E-state index contributed by atoms with van der Waals surface area (Å²) in [4.78, 5) is 4.16. The van der Waals surface area contributed by atoms with E-state index >= 15 is 0 Å². The van der Waals surface area contributed by atoms with Gasteiger partial charge in [0, 0.05) is 6.20 Å². The van der Waals surface area contributed by atoms with Crippen molar-refractivity contribution in [2.75, 3.05) is 0 Å². The topological polar surface area (TPSA) is 88.5 Å². The van der Waals surface area contributed by atoms with Crippen molar-refractivity contribution in [3.8, 4) is 16.8 Å². The van der Waals surface area contributed by atoms with Crippen LogP contribution < -0.4 is 5.73 Å². The molecule has 0 aromatic carbocycles. The Hall–Kier alpha value is -1.84. The van der Waals surface area contributed by atoms with Gasteiger partial charge in [-0.1, -0.05) is 18.3 Å². The molecule has 1 atom stereocenters. The summed E-state index contributed by atoms with van der Waals surface area (Å²) in [5.41, 5.74) is 7.13. The summed E-state index contributed by atoms with van der Waals surface area (Å²) in [7, 11) is 0. The van der Waals surface area contributed by atoms with Gasteiger partial charge in [0.05, 0.1) is 11.6 Å². The van der Waals surface area contributed by atoms with Gasteiger partial charge in [-0.2, -0.15) is 5.26 Å². The second-order valence-electron chi connectivity index (χ2n) is 3.50. The highest BCUT2D eigenvalue weighted by molar-refractivity contribution is 7.14. The van der Waals surface area contributed by atoms with Gasteiger partial charge in [-0.3, -0.25) is 4.98 Å². The van der Waals surface area contributed by atoms with E-state index in [4.69, 9.17) is 11.0 Å². The van der Waals surface area contributed by atoms with E-state index in [0.717, 1.165) is 22.1 Å². The van der Waals surface area contributed by atoms with Crippen LogP contribution in [0, 0.1) is 11.3 Å². The first-order valence-electron chi connectivity index (χ1n) is 5.20. The molecule has 2 aromatic heterocycles. The number of aromatic nitrogens is 3. The lowest BCUT2D eigenvalue weighted by Gasteiger charge is -2.00. The molecule has 86 valence electrons. The molecule has 2 rings (SSSR count). The van der Waals surface area contributed by atoms with Crippen LogP contribution >= 0.6 is 11.3 Å². The SMILES string of the molecule is CCC(N)c1nnc(-c2ccc(C#N)cn2)s1. The van der Waals surface area contributed by atoms with Crippen LogP contribution in [0.1, 0.15) is 30.0 Å². The predicted molar refractivity (Wildman–Crippen MR) is 65.1 cm³/mol. The smallest absolute Gasteiger partial charge is 0.166 e. The maximum absolute atomic E-state index is 8.68. The maximum atomic E-state index is 8.68. The molecule has 0 spiro atoms. The van der Waals surface area contributed by atoms with Crippen LogP contribution in [-0.2, 0) is 0 Å². The summed E-state index contributed by atoms with van der Waals surface area (Å²) >= 11 is 1.44. The zero-order valence-electron chi connectivity index (χ0n) is 9.29. The van der Waals surface area contributed by atoms with Crippen molar-refractivity contribution in [1.82, 2.24) is 15.2 Å². The van der Waals surface area contributed by atoms with Crippen LogP contribution in [0.15, 0.2) is 18.3 Å². The average Bonchev–Trinajstić information content (AvgIpc) is 2.87. The van der Waals surface area contributed by atoms with Gasteiger partial charge in [0.15, 0.2) is 5.01 Å². The number of nitriles is 1. The van der Waals surface area contributed by atoms with Gasteiger partial charge in [-0.05, 0) is 18.6 Å². The molecule has 0 saturated carbocycles. The Morgan fingerprint density at radius 3 is 2.88 bits per heavy atom. The Morgan fingerprint density at radius 1 is 1.47 bits per heavy atom. The van der Waals surface area contributed by atoms with Gasteiger partial charge in [0.1, 0.15) is 16.8 Å². The van der Waals surface area contributed by atoms with Crippen LogP contribution in [0.25, 0.3) is 10.7 Å². The van der Waals surface area contributed by atoms with Crippen molar-refractivity contribution < 1.29 is 0 Å². The van der Waals surface area contributed by atoms with Gasteiger partial charge in [0.25, 0.3) is 0 Å². The van der Waals surface area contributed by atoms with Crippen LogP contribution in [0.5, 0.6) is 0 Å². The Kier molecular flexibility index (Phi) is 3.42. The molecule has 0 aliphatic rings. The lowest BCUT2D eigenvalue weighted by Crippen LogP contribution is -2.07. The maximum Gasteiger partial charge on any atom is 0.166 e. The summed E-state index contributed by atoms with van der Waals surface area (Å²) in [5, 5.41) is 18.3. The first-order chi connectivity index (χ1) is 8.24. The van der Waals surface area contributed by atoms with Crippen LogP contribution in [0.2, 0.25) is 0 Å². The molecule has 2 heterocycles. The number of nitrogens with two attached hydrogens (primary N) is 1. The number of hydrogen-bond donors (Lipinski definition) is 1. The summed E-state index contributed by atoms with van der Waals surface area (Å²) in [6.07, 6.45) is 2.35. The molecule has 5 nitrogen and oxygen atoms in total. The molecule has 0 radical (unpaired) electrons. The van der Waals surface area contributed by atoms with E-state index in [0.29, 0.717) is 5.56 Å². The summed E-state index contributed by atoms with van der Waals surface area (Å²) in [6.45, 7) is 2.01. The standard InChI is InChI=1S/C11H11N5S/c1-2-8(13)10-15-16-11(17-10)9-4-3-7(5-12)6-14-9/h3-4,6,8H,2,13H2,1H3. The number of pyridine rings is 1. The lowest BCUT2D eigenvalue weighted by molar-refractivity contribution is 0.683. The summed E-state index contributed by atoms with van der Waals surface area (Å²) in [6, 6.07) is 5.43. The summed E-state index contributed by atoms with van der Waals surface area (Å²) < 4.78 is 0. The molecule has 2 aromatic rings. The third kappa shape index (κ3) is 2.46. The first kappa shape index (κ1) is 11.6. The first-order valence-corrected chi connectivity index (χ1v) is 6.01. The van der Waals surface area contributed by atoms with Gasteiger partial charge in [-0.25, -0.2) is 0 Å². The zero-order valence-corrected chi connectivity index (χ0v) is 10.1. The van der Waals surface area contributed by atoms with Crippen molar-refractivity contribution in [2.24, 2.45) is 5.73 Å². The van der Waals surface area contributed by atoms with Crippen LogP contribution in [0.3, 0.4) is 0 Å². The molecule has 0 aliphatic heterocycles. The van der Waals surface area contributed by atoms with E-state index in [9.17, 15) is 0 Å². The van der Waals surface area contributed by atoms with Gasteiger partial charge in [0.2, 0.25) is 0 Å². The minimum Gasteiger partial charge on any atom is -0.322 e. The van der Waals surface area contributed by atoms with Crippen LogP contribution in [0.4, 0.5) is 0 Å². The summed E-state index contributed by atoms with van der Waals surface area (Å²) in [5.74, 6) is 0. The highest BCUT2D eigenvalue weighted by Gasteiger charge is 2.12. The Labute approximate surface area is 103 Å². The van der Waals surface area contributed by atoms with Crippen LogP contribution in [-0.4, -0.2) is 15.2 Å². The Bertz CT molecular complexity index is 540. The molecule has 2 N–H and O–H groups in total. The Balaban J connectivity index is 2.28. The minimum atomic E-state index is -0.0698. The third-order valence-electron chi connectivity index (χ3n) is 2.31. The van der Waals surface area contributed by atoms with Crippen molar-refractivity contribution in [3.05, 3.63) is 28.9 Å². The number of rotatable bonds is 3. The van der Waals surface area contributed by atoms with Crippen molar-refractivity contribution in [3.63, 3.8) is 0 Å². The normalized spacial score (nSPS) is 12.1. The van der Waals surface area contributed by atoms with Gasteiger partial charge >= 0.3 is 0 Å². The molecule has 6 heteroatoms. The number of nitrogens with zero attached hydrogens (tertiary/aromatic N) is 4. The average molecular weight is 245 g/mol. The molecular weight excluding hydrogens is 234 g/mol. The van der Waals surface area contributed by atoms with Crippen molar-refractivity contribution in [2.45, 2.75) is 19.4 Å². The highest BCUT2D eigenvalue weighted by Crippen LogP contribution is 2.25. The van der Waals surface area contributed by atoms with E-state index < -0.39 is 0 Å². The highest BCUT2D eigenvalue weighted by atomic mass is 32.1. The molecule has 0 amide bonds. The minimum absolute atomic E-state index is 0.0698. The van der Waals surface area contributed by atoms with Crippen molar-refractivity contribution in [1.29, 1.82) is 5.26 Å². The van der Waals surface area contributed by atoms with E-state index in [-0.39, 0.29) is 6.04 Å². The molecule has 0 fully saturated rings. The molecule has 0 aliphatic carbocycles. The molecule has 1 unspecified atom stereocenters. The second kappa shape index (κ2) is 4.99. The predicted octanol–water partition coefficient (Wildman–Crippen LogP) is 1.88. The zero-order chi connectivity index (χ0) is 12.3. The fourth-order valence-electron chi connectivity index (χ4n) is 1.25. The molecule has 0 bridgehead atoms. The molecular formula is C11H11N5S. The monoisotopic (exact) mass is 245 g/mol. The fourth-order valence-corrected chi connectivity index (χ4v) is 2.15. The molecule has 17 heavy (non-hydrogen) atoms. The van der Waals surface area contributed by atoms with Gasteiger partial charge < -0.3 is 5.73 Å². The molecule has 0 saturated heterocycles. The fraction of sp³-hybridized carbons (Fsp3) is 0.273. The van der Waals surface area contributed by atoms with E-state index in [1.165, 1.54) is 17.5 Å². The second-order valence-corrected chi connectivity index (χ2v) is 4.51. The quantitative estimate of drug-likeness (QED) is 0.891. The van der Waals surface area contributed by atoms with E-state index in [2.05, 4.69) is 15.2 Å². The third-order valence-corrected chi connectivity index (χ3v) is 3.39.